The number of nitrogens with zero attached hydrogens (tertiary/aromatic N) is 1. The van der Waals surface area contributed by atoms with Gasteiger partial charge in [-0.3, -0.25) is 14.5 Å². The van der Waals surface area contributed by atoms with Crippen molar-refractivity contribution in [3.05, 3.63) is 97.1 Å². The van der Waals surface area contributed by atoms with Gasteiger partial charge in [0.05, 0.1) is 28.6 Å². The van der Waals surface area contributed by atoms with E-state index in [1.165, 1.54) is 42.5 Å². The standard InChI is InChI=1S/C26H17Cl3FNO5S/c1-2-35-21-10-14(9-19(29)23(21)36-25(33)15-5-3-6-16(27)12-15)11-22-24(32)31(26(34)37-22)13-17-18(28)7-4-8-20(17)30/h3-12H,2,13H2,1H3/b22-11-. The number of carbonyl (C=O) groups excluding carboxylic acids is 3. The lowest BCUT2D eigenvalue weighted by molar-refractivity contribution is -0.123. The van der Waals surface area contributed by atoms with Crippen molar-refractivity contribution >= 4 is 69.8 Å². The molecule has 1 fully saturated rings. The van der Waals surface area contributed by atoms with Crippen LogP contribution in [0, 0.1) is 5.82 Å². The Hall–Kier alpha value is -3.04. The van der Waals surface area contributed by atoms with Crippen LogP contribution in [0.4, 0.5) is 9.18 Å². The topological polar surface area (TPSA) is 72.9 Å². The minimum absolute atomic E-state index is 0.00654. The number of amides is 2. The van der Waals surface area contributed by atoms with Gasteiger partial charge in [-0.2, -0.15) is 0 Å². The van der Waals surface area contributed by atoms with E-state index in [1.807, 2.05) is 0 Å². The predicted octanol–water partition coefficient (Wildman–Crippen LogP) is 7.64. The number of halogens is 4. The van der Waals surface area contributed by atoms with E-state index in [4.69, 9.17) is 44.3 Å². The minimum atomic E-state index is -0.689. The highest BCUT2D eigenvalue weighted by molar-refractivity contribution is 8.18. The monoisotopic (exact) mass is 579 g/mol. The molecule has 1 heterocycles. The van der Waals surface area contributed by atoms with Crippen molar-refractivity contribution < 1.29 is 28.2 Å². The van der Waals surface area contributed by atoms with E-state index in [2.05, 4.69) is 0 Å². The molecule has 3 aromatic rings. The zero-order valence-electron chi connectivity index (χ0n) is 19.1. The predicted molar refractivity (Wildman–Crippen MR) is 142 cm³/mol. The molecule has 0 N–H and O–H groups in total. The van der Waals surface area contributed by atoms with Gasteiger partial charge in [-0.25, -0.2) is 9.18 Å². The molecule has 0 aromatic heterocycles. The molecule has 37 heavy (non-hydrogen) atoms. The van der Waals surface area contributed by atoms with Gasteiger partial charge in [0, 0.05) is 15.6 Å². The van der Waals surface area contributed by atoms with E-state index in [0.717, 1.165) is 4.90 Å². The van der Waals surface area contributed by atoms with Gasteiger partial charge in [0.1, 0.15) is 5.82 Å². The van der Waals surface area contributed by atoms with Crippen LogP contribution in [0.1, 0.15) is 28.4 Å². The third kappa shape index (κ3) is 6.10. The minimum Gasteiger partial charge on any atom is -0.490 e. The molecule has 1 aliphatic heterocycles. The zero-order valence-corrected chi connectivity index (χ0v) is 22.2. The summed E-state index contributed by atoms with van der Waals surface area (Å²) in [5.41, 5.74) is 0.685. The van der Waals surface area contributed by atoms with Gasteiger partial charge in [-0.05, 0) is 72.8 Å². The summed E-state index contributed by atoms with van der Waals surface area (Å²) in [5, 5.41) is -0.0464. The lowest BCUT2D eigenvalue weighted by Gasteiger charge is -2.14. The third-order valence-electron chi connectivity index (χ3n) is 5.14. The zero-order chi connectivity index (χ0) is 26.7. The summed E-state index contributed by atoms with van der Waals surface area (Å²) in [5.74, 6) is -1.76. The Bertz CT molecular complexity index is 1430. The van der Waals surface area contributed by atoms with E-state index in [-0.39, 0.29) is 50.7 Å². The lowest BCUT2D eigenvalue weighted by atomic mass is 10.1. The highest BCUT2D eigenvalue weighted by atomic mass is 35.5. The fraction of sp³-hybridized carbons (Fsp3) is 0.115. The fourth-order valence-electron chi connectivity index (χ4n) is 3.43. The molecule has 190 valence electrons. The van der Waals surface area contributed by atoms with Gasteiger partial charge in [0.2, 0.25) is 0 Å². The van der Waals surface area contributed by atoms with E-state index < -0.39 is 22.9 Å². The molecule has 3 aromatic carbocycles. The molecule has 0 unspecified atom stereocenters. The number of imide groups is 1. The van der Waals surface area contributed by atoms with E-state index >= 15 is 0 Å². The lowest BCUT2D eigenvalue weighted by Crippen LogP contribution is -2.28. The maximum Gasteiger partial charge on any atom is 0.343 e. The molecule has 11 heteroatoms. The number of hydrogen-bond acceptors (Lipinski definition) is 6. The van der Waals surface area contributed by atoms with Crippen LogP contribution in [0.2, 0.25) is 15.1 Å². The first-order chi connectivity index (χ1) is 17.7. The number of benzene rings is 3. The molecule has 4 rings (SSSR count). The van der Waals surface area contributed by atoms with Crippen LogP contribution in [-0.2, 0) is 11.3 Å². The molecular weight excluding hydrogens is 564 g/mol. The van der Waals surface area contributed by atoms with Gasteiger partial charge in [-0.1, -0.05) is 46.9 Å². The van der Waals surface area contributed by atoms with Gasteiger partial charge in [-0.15, -0.1) is 0 Å². The third-order valence-corrected chi connectivity index (χ3v) is 6.91. The van der Waals surface area contributed by atoms with Crippen molar-refractivity contribution in [3.8, 4) is 11.5 Å². The van der Waals surface area contributed by atoms with Crippen molar-refractivity contribution in [2.45, 2.75) is 13.5 Å². The molecule has 0 aliphatic carbocycles. The van der Waals surface area contributed by atoms with Crippen LogP contribution in [0.5, 0.6) is 11.5 Å². The average Bonchev–Trinajstić information content (AvgIpc) is 3.10. The molecule has 0 saturated carbocycles. The Morgan fingerprint density at radius 3 is 2.51 bits per heavy atom. The van der Waals surface area contributed by atoms with Crippen LogP contribution in [0.25, 0.3) is 6.08 Å². The summed E-state index contributed by atoms with van der Waals surface area (Å²) in [6, 6.07) is 13.3. The second-order valence-corrected chi connectivity index (χ2v) is 9.87. The molecule has 0 radical (unpaired) electrons. The molecule has 0 bridgehead atoms. The number of carbonyl (C=O) groups is 3. The second kappa shape index (κ2) is 11.6. The normalized spacial score (nSPS) is 14.4. The maximum atomic E-state index is 14.2. The van der Waals surface area contributed by atoms with Crippen LogP contribution < -0.4 is 9.47 Å². The number of esters is 1. The highest BCUT2D eigenvalue weighted by Gasteiger charge is 2.36. The SMILES string of the molecule is CCOc1cc(/C=C2\SC(=O)N(Cc3c(F)cccc3Cl)C2=O)cc(Cl)c1OC(=O)c1cccc(Cl)c1. The van der Waals surface area contributed by atoms with E-state index in [0.29, 0.717) is 22.3 Å². The van der Waals surface area contributed by atoms with Gasteiger partial charge >= 0.3 is 5.97 Å². The molecule has 1 aliphatic rings. The summed E-state index contributed by atoms with van der Waals surface area (Å²) >= 11 is 19.1. The fourth-order valence-corrected chi connectivity index (χ4v) is 4.94. The first-order valence-electron chi connectivity index (χ1n) is 10.8. The number of hydrogen-bond donors (Lipinski definition) is 0. The van der Waals surface area contributed by atoms with Gasteiger partial charge in [0.25, 0.3) is 11.1 Å². The summed E-state index contributed by atoms with van der Waals surface area (Å²) in [7, 11) is 0. The number of thioether (sulfide) groups is 1. The first-order valence-corrected chi connectivity index (χ1v) is 12.7. The van der Waals surface area contributed by atoms with Crippen molar-refractivity contribution in [2.75, 3.05) is 6.61 Å². The van der Waals surface area contributed by atoms with Gasteiger partial charge in [0.15, 0.2) is 11.5 Å². The summed E-state index contributed by atoms with van der Waals surface area (Å²) < 4.78 is 25.3. The molecule has 0 atom stereocenters. The number of rotatable bonds is 7. The van der Waals surface area contributed by atoms with E-state index in [9.17, 15) is 18.8 Å². The summed E-state index contributed by atoms with van der Waals surface area (Å²) in [6.45, 7) is 1.67. The van der Waals surface area contributed by atoms with Crippen LogP contribution in [-0.4, -0.2) is 28.6 Å². The molecule has 0 spiro atoms. The summed E-state index contributed by atoms with van der Waals surface area (Å²) in [6.07, 6.45) is 1.45. The number of ether oxygens (including phenoxy) is 2. The Morgan fingerprint density at radius 1 is 1.05 bits per heavy atom. The Morgan fingerprint density at radius 2 is 1.81 bits per heavy atom. The second-order valence-electron chi connectivity index (χ2n) is 7.63. The van der Waals surface area contributed by atoms with Crippen molar-refractivity contribution in [2.24, 2.45) is 0 Å². The smallest absolute Gasteiger partial charge is 0.343 e. The van der Waals surface area contributed by atoms with Gasteiger partial charge < -0.3 is 9.47 Å². The molecule has 6 nitrogen and oxygen atoms in total. The van der Waals surface area contributed by atoms with Crippen LogP contribution in [0.3, 0.4) is 0 Å². The van der Waals surface area contributed by atoms with Crippen molar-refractivity contribution in [1.29, 1.82) is 0 Å². The maximum absolute atomic E-state index is 14.2. The largest absolute Gasteiger partial charge is 0.490 e. The Labute approximate surface area is 230 Å². The Kier molecular flexibility index (Phi) is 8.44. The van der Waals surface area contributed by atoms with Crippen molar-refractivity contribution in [3.63, 3.8) is 0 Å². The van der Waals surface area contributed by atoms with Crippen LogP contribution in [0.15, 0.2) is 59.5 Å². The first kappa shape index (κ1) is 27.0. The van der Waals surface area contributed by atoms with E-state index in [1.54, 1.807) is 25.1 Å². The summed E-state index contributed by atoms with van der Waals surface area (Å²) in [4.78, 5) is 39.1. The Balaban J connectivity index is 1.60. The molecule has 2 amide bonds. The highest BCUT2D eigenvalue weighted by Crippen LogP contribution is 2.40. The van der Waals surface area contributed by atoms with Crippen molar-refractivity contribution in [1.82, 2.24) is 4.90 Å². The average molecular weight is 581 g/mol. The molecule has 1 saturated heterocycles. The van der Waals surface area contributed by atoms with Crippen LogP contribution >= 0.6 is 46.6 Å². The quantitative estimate of drug-likeness (QED) is 0.162. The molecular formula is C26H17Cl3FNO5S.